The number of hydrogen-bond donors (Lipinski definition) is 1. The summed E-state index contributed by atoms with van der Waals surface area (Å²) in [6.45, 7) is 5.63. The van der Waals surface area contributed by atoms with E-state index in [0.717, 1.165) is 0 Å². The Balaban J connectivity index is 3.02. The highest BCUT2D eigenvalue weighted by Gasteiger charge is 2.27. The number of aliphatic hydroxyl groups is 1. The van der Waals surface area contributed by atoms with Crippen LogP contribution in [0.4, 0.5) is 0 Å². The molecule has 1 rings (SSSR count). The van der Waals surface area contributed by atoms with E-state index in [-0.39, 0.29) is 11.0 Å². The van der Waals surface area contributed by atoms with Crippen molar-refractivity contribution in [2.24, 2.45) is 5.92 Å². The van der Waals surface area contributed by atoms with Crippen molar-refractivity contribution >= 4 is 17.9 Å². The van der Waals surface area contributed by atoms with Crippen molar-refractivity contribution in [1.29, 1.82) is 0 Å². The van der Waals surface area contributed by atoms with Crippen molar-refractivity contribution in [1.82, 2.24) is 0 Å². The second kappa shape index (κ2) is 3.42. The molecular formula is C9H11ClO2. The van der Waals surface area contributed by atoms with Crippen LogP contribution in [0.25, 0.3) is 0 Å². The molecule has 1 N–H and O–H groups in total. The molecule has 0 aromatic heterocycles. The zero-order valence-corrected chi connectivity index (χ0v) is 7.64. The van der Waals surface area contributed by atoms with E-state index in [9.17, 15) is 9.90 Å². The molecule has 3 heteroatoms. The maximum absolute atomic E-state index is 10.5. The normalized spacial score (nSPS) is 30.8. The van der Waals surface area contributed by atoms with Gasteiger partial charge in [-0.25, -0.2) is 0 Å². The summed E-state index contributed by atoms with van der Waals surface area (Å²) in [5, 5.41) is 9.70. The molecule has 0 aromatic rings. The molecule has 0 radical (unpaired) electrons. The zero-order valence-electron chi connectivity index (χ0n) is 6.88. The van der Waals surface area contributed by atoms with Crippen molar-refractivity contribution in [3.8, 4) is 0 Å². The molecule has 1 aliphatic carbocycles. The van der Waals surface area contributed by atoms with Crippen LogP contribution < -0.4 is 0 Å². The molecule has 2 atom stereocenters. The van der Waals surface area contributed by atoms with E-state index in [0.29, 0.717) is 23.9 Å². The lowest BCUT2D eigenvalue weighted by Gasteiger charge is -2.26. The molecule has 0 fully saturated rings. The largest absolute Gasteiger partial charge is 0.383 e. The number of hydrogen-bond acceptors (Lipinski definition) is 2. The highest BCUT2D eigenvalue weighted by Crippen LogP contribution is 2.33. The van der Waals surface area contributed by atoms with Gasteiger partial charge in [-0.05, 0) is 17.9 Å². The van der Waals surface area contributed by atoms with Crippen LogP contribution in [0, 0.1) is 5.92 Å². The minimum absolute atomic E-state index is 0.127. The van der Waals surface area contributed by atoms with E-state index < -0.39 is 6.10 Å². The lowest BCUT2D eigenvalue weighted by atomic mass is 9.85. The molecule has 1 aliphatic rings. The first-order chi connectivity index (χ1) is 5.57. The number of aliphatic hydroxyl groups excluding tert-OH is 1. The van der Waals surface area contributed by atoms with Gasteiger partial charge >= 0.3 is 0 Å². The average molecular weight is 187 g/mol. The Kier molecular flexibility index (Phi) is 2.70. The van der Waals surface area contributed by atoms with Crippen molar-refractivity contribution in [3.63, 3.8) is 0 Å². The number of aldehydes is 1. The Bertz CT molecular complexity index is 255. The van der Waals surface area contributed by atoms with Gasteiger partial charge in [0.2, 0.25) is 0 Å². The fourth-order valence-corrected chi connectivity index (χ4v) is 1.53. The monoisotopic (exact) mass is 186 g/mol. The minimum Gasteiger partial charge on any atom is -0.383 e. The van der Waals surface area contributed by atoms with Crippen molar-refractivity contribution < 1.29 is 9.90 Å². The first-order valence-corrected chi connectivity index (χ1v) is 4.16. The number of halogens is 1. The van der Waals surface area contributed by atoms with Gasteiger partial charge in [0, 0.05) is 5.57 Å². The highest BCUT2D eigenvalue weighted by atomic mass is 35.5. The third-order valence-electron chi connectivity index (χ3n) is 2.20. The quantitative estimate of drug-likeness (QED) is 0.499. The molecule has 2 unspecified atom stereocenters. The van der Waals surface area contributed by atoms with Gasteiger partial charge in [-0.1, -0.05) is 25.1 Å². The second-order valence-electron chi connectivity index (χ2n) is 3.07. The summed E-state index contributed by atoms with van der Waals surface area (Å²) in [7, 11) is 0. The maximum Gasteiger partial charge on any atom is 0.147 e. The molecule has 0 saturated carbocycles. The van der Waals surface area contributed by atoms with Gasteiger partial charge in [0.15, 0.2) is 0 Å². The maximum atomic E-state index is 10.5. The zero-order chi connectivity index (χ0) is 9.30. The van der Waals surface area contributed by atoms with Gasteiger partial charge in [0.05, 0.1) is 5.03 Å². The van der Waals surface area contributed by atoms with Gasteiger partial charge in [0.25, 0.3) is 0 Å². The summed E-state index contributed by atoms with van der Waals surface area (Å²) in [5.74, 6) is 0.127. The standard InChI is InChI=1S/C9H11ClO2/c1-5-3-7(4-11)8(10)9(12)6(5)2/h4-5,9,12H,2-3H2,1H3. The van der Waals surface area contributed by atoms with E-state index >= 15 is 0 Å². The predicted octanol–water partition coefficient (Wildman–Crippen LogP) is 1.64. The first-order valence-electron chi connectivity index (χ1n) is 3.78. The molecular weight excluding hydrogens is 176 g/mol. The van der Waals surface area contributed by atoms with Crippen LogP contribution in [0.15, 0.2) is 22.8 Å². The predicted molar refractivity (Wildman–Crippen MR) is 47.9 cm³/mol. The van der Waals surface area contributed by atoms with Gasteiger partial charge in [0.1, 0.15) is 12.4 Å². The Hall–Kier alpha value is -0.600. The molecule has 0 heterocycles. The van der Waals surface area contributed by atoms with Crippen molar-refractivity contribution in [3.05, 3.63) is 22.8 Å². The van der Waals surface area contributed by atoms with Crippen LogP contribution in [-0.4, -0.2) is 17.5 Å². The van der Waals surface area contributed by atoms with Crippen LogP contribution in [0.2, 0.25) is 0 Å². The van der Waals surface area contributed by atoms with E-state index in [1.807, 2.05) is 6.92 Å². The number of rotatable bonds is 1. The van der Waals surface area contributed by atoms with E-state index in [2.05, 4.69) is 6.58 Å². The highest BCUT2D eigenvalue weighted by molar-refractivity contribution is 6.32. The topological polar surface area (TPSA) is 37.3 Å². The van der Waals surface area contributed by atoms with Crippen molar-refractivity contribution in [2.45, 2.75) is 19.4 Å². The summed E-state index contributed by atoms with van der Waals surface area (Å²) in [5.41, 5.74) is 1.18. The van der Waals surface area contributed by atoms with Crippen LogP contribution in [0.1, 0.15) is 13.3 Å². The smallest absolute Gasteiger partial charge is 0.147 e. The van der Waals surface area contributed by atoms with Gasteiger partial charge in [-0.2, -0.15) is 0 Å². The van der Waals surface area contributed by atoms with Gasteiger partial charge in [-0.3, -0.25) is 4.79 Å². The molecule has 66 valence electrons. The number of allylic oxidation sites excluding steroid dienone is 1. The first kappa shape index (κ1) is 9.49. The van der Waals surface area contributed by atoms with Crippen LogP contribution in [0.5, 0.6) is 0 Å². The summed E-state index contributed by atoms with van der Waals surface area (Å²) in [4.78, 5) is 10.5. The molecule has 0 amide bonds. The summed E-state index contributed by atoms with van der Waals surface area (Å²) >= 11 is 5.73. The fraction of sp³-hybridized carbons (Fsp3) is 0.444. The second-order valence-corrected chi connectivity index (χ2v) is 3.48. The van der Waals surface area contributed by atoms with Gasteiger partial charge < -0.3 is 5.11 Å². The Labute approximate surface area is 76.5 Å². The number of carbonyl (C=O) groups is 1. The Morgan fingerprint density at radius 2 is 2.33 bits per heavy atom. The van der Waals surface area contributed by atoms with Crippen molar-refractivity contribution in [2.75, 3.05) is 0 Å². The average Bonchev–Trinajstić information content (AvgIpc) is 2.08. The number of carbonyl (C=O) groups excluding carboxylic acids is 1. The third-order valence-corrected chi connectivity index (χ3v) is 2.65. The summed E-state index contributed by atoms with van der Waals surface area (Å²) in [6.07, 6.45) is 0.433. The molecule has 0 aliphatic heterocycles. The molecule has 0 spiro atoms. The summed E-state index contributed by atoms with van der Waals surface area (Å²) < 4.78 is 0. The fourth-order valence-electron chi connectivity index (χ4n) is 1.27. The summed E-state index contributed by atoms with van der Waals surface area (Å²) in [6, 6.07) is 0. The lowest BCUT2D eigenvalue weighted by Crippen LogP contribution is -2.23. The molecule has 0 saturated heterocycles. The van der Waals surface area contributed by atoms with Crippen LogP contribution in [-0.2, 0) is 4.79 Å². The minimum atomic E-state index is -0.851. The molecule has 12 heavy (non-hydrogen) atoms. The van der Waals surface area contributed by atoms with Gasteiger partial charge in [-0.15, -0.1) is 0 Å². The Morgan fingerprint density at radius 3 is 2.83 bits per heavy atom. The van der Waals surface area contributed by atoms with E-state index in [1.54, 1.807) is 0 Å². The van der Waals surface area contributed by atoms with E-state index in [1.165, 1.54) is 0 Å². The van der Waals surface area contributed by atoms with Crippen LogP contribution >= 0.6 is 11.6 Å². The van der Waals surface area contributed by atoms with E-state index in [4.69, 9.17) is 11.6 Å². The molecule has 2 nitrogen and oxygen atoms in total. The third kappa shape index (κ3) is 1.45. The lowest BCUT2D eigenvalue weighted by molar-refractivity contribution is -0.105. The molecule has 0 aromatic carbocycles. The SMILES string of the molecule is C=C1C(C)CC(C=O)=C(Cl)C1O. The molecule has 0 bridgehead atoms. The Morgan fingerprint density at radius 1 is 1.75 bits per heavy atom. The van der Waals surface area contributed by atoms with Crippen LogP contribution in [0.3, 0.4) is 0 Å².